The van der Waals surface area contributed by atoms with Crippen LogP contribution in [-0.4, -0.2) is 33.8 Å². The zero-order chi connectivity index (χ0) is 16.3. The Labute approximate surface area is 130 Å². The van der Waals surface area contributed by atoms with Crippen molar-refractivity contribution in [2.45, 2.75) is 20.4 Å². The molecule has 1 amide bonds. The Hall–Kier alpha value is -2.73. The quantitative estimate of drug-likeness (QED) is 0.849. The molecule has 0 aliphatic heterocycles. The van der Waals surface area contributed by atoms with Crippen LogP contribution in [0.3, 0.4) is 0 Å². The molecule has 0 fully saturated rings. The van der Waals surface area contributed by atoms with E-state index in [2.05, 4.69) is 15.5 Å². The second-order valence-corrected chi connectivity index (χ2v) is 5.65. The van der Waals surface area contributed by atoms with Gasteiger partial charge in [0.15, 0.2) is 0 Å². The summed E-state index contributed by atoms with van der Waals surface area (Å²) in [5.41, 5.74) is 1.12. The molecule has 0 radical (unpaired) electrons. The van der Waals surface area contributed by atoms with Gasteiger partial charge in [0.05, 0.1) is 12.7 Å². The first-order valence-electron chi connectivity index (χ1n) is 6.24. The summed E-state index contributed by atoms with van der Waals surface area (Å²) in [6.45, 7) is 3.53. The second kappa shape index (κ2) is 6.36. The summed E-state index contributed by atoms with van der Waals surface area (Å²) in [5, 5.41) is 19.1. The molecular weight excluding hydrogens is 306 g/mol. The molecule has 0 atom stereocenters. The Bertz CT molecular complexity index is 771. The van der Waals surface area contributed by atoms with Crippen LogP contribution >= 0.6 is 11.3 Å². The predicted molar refractivity (Wildman–Crippen MR) is 78.5 cm³/mol. The molecule has 2 rings (SSSR count). The Morgan fingerprint density at radius 1 is 1.50 bits per heavy atom. The van der Waals surface area contributed by atoms with Gasteiger partial charge in [0.1, 0.15) is 23.9 Å². The minimum Gasteiger partial charge on any atom is -0.465 e. The van der Waals surface area contributed by atoms with Gasteiger partial charge in [-0.2, -0.15) is 5.26 Å². The highest BCUT2D eigenvalue weighted by atomic mass is 32.1. The standard InChI is InChI=1S/C13H13N5O3S/c1-7-8(2)22-12(11(7)13(20)21-3)16-10(19)5-18-6-15-17-9(18)4-14/h6H,5H2,1-3H3,(H,16,19). The average molecular weight is 319 g/mol. The SMILES string of the molecule is COC(=O)c1c(NC(=O)Cn2cnnc2C#N)sc(C)c1C. The van der Waals surface area contributed by atoms with E-state index in [-0.39, 0.29) is 18.3 Å². The fourth-order valence-corrected chi connectivity index (χ4v) is 2.91. The molecule has 0 bridgehead atoms. The van der Waals surface area contributed by atoms with Crippen LogP contribution < -0.4 is 5.32 Å². The molecule has 0 aliphatic rings. The molecule has 1 N–H and O–H groups in total. The van der Waals surface area contributed by atoms with Crippen molar-refractivity contribution in [3.63, 3.8) is 0 Å². The number of aryl methyl sites for hydroxylation is 1. The number of anilines is 1. The van der Waals surface area contributed by atoms with Crippen molar-refractivity contribution in [3.05, 3.63) is 28.2 Å². The number of nitrogens with one attached hydrogen (secondary N) is 1. The van der Waals surface area contributed by atoms with Crippen LogP contribution in [0.4, 0.5) is 5.00 Å². The molecule has 2 aromatic heterocycles. The second-order valence-electron chi connectivity index (χ2n) is 4.42. The largest absolute Gasteiger partial charge is 0.465 e. The Balaban J connectivity index is 2.21. The van der Waals surface area contributed by atoms with Crippen LogP contribution in [0.25, 0.3) is 0 Å². The summed E-state index contributed by atoms with van der Waals surface area (Å²) in [7, 11) is 1.29. The molecular formula is C13H13N5O3S. The highest BCUT2D eigenvalue weighted by Gasteiger charge is 2.21. The summed E-state index contributed by atoms with van der Waals surface area (Å²) < 4.78 is 6.06. The average Bonchev–Trinajstić information content (AvgIpc) is 3.03. The number of nitrogens with zero attached hydrogens (tertiary/aromatic N) is 4. The third-order valence-corrected chi connectivity index (χ3v) is 4.18. The summed E-state index contributed by atoms with van der Waals surface area (Å²) >= 11 is 1.30. The van der Waals surface area contributed by atoms with Crippen LogP contribution in [0.5, 0.6) is 0 Å². The number of nitriles is 1. The monoisotopic (exact) mass is 319 g/mol. The summed E-state index contributed by atoms with van der Waals surface area (Å²) in [4.78, 5) is 24.8. The third-order valence-electron chi connectivity index (χ3n) is 3.06. The first kappa shape index (κ1) is 15.7. The molecule has 0 aliphatic carbocycles. The Morgan fingerprint density at radius 3 is 2.86 bits per heavy atom. The molecule has 0 unspecified atom stereocenters. The fourth-order valence-electron chi connectivity index (χ4n) is 1.84. The van der Waals surface area contributed by atoms with Crippen molar-refractivity contribution in [1.82, 2.24) is 14.8 Å². The predicted octanol–water partition coefficient (Wildman–Crippen LogP) is 1.25. The molecule has 0 spiro atoms. The van der Waals surface area contributed by atoms with E-state index in [0.717, 1.165) is 10.4 Å². The van der Waals surface area contributed by atoms with E-state index < -0.39 is 5.97 Å². The van der Waals surface area contributed by atoms with Gasteiger partial charge in [0, 0.05) is 4.88 Å². The van der Waals surface area contributed by atoms with Gasteiger partial charge in [-0.3, -0.25) is 9.36 Å². The van der Waals surface area contributed by atoms with Crippen LogP contribution in [0.15, 0.2) is 6.33 Å². The fraction of sp³-hybridized carbons (Fsp3) is 0.308. The zero-order valence-electron chi connectivity index (χ0n) is 12.2. The minimum absolute atomic E-state index is 0.0434. The molecule has 0 aromatic carbocycles. The normalized spacial score (nSPS) is 10.1. The summed E-state index contributed by atoms with van der Waals surface area (Å²) in [6.07, 6.45) is 1.30. The maximum Gasteiger partial charge on any atom is 0.341 e. The van der Waals surface area contributed by atoms with E-state index in [1.54, 1.807) is 6.92 Å². The van der Waals surface area contributed by atoms with E-state index in [9.17, 15) is 9.59 Å². The lowest BCUT2D eigenvalue weighted by Crippen LogP contribution is -2.20. The topological polar surface area (TPSA) is 110 Å². The number of esters is 1. The number of thiophene rings is 1. The lowest BCUT2D eigenvalue weighted by molar-refractivity contribution is -0.116. The van der Waals surface area contributed by atoms with Gasteiger partial charge in [0.25, 0.3) is 0 Å². The molecule has 22 heavy (non-hydrogen) atoms. The number of carbonyl (C=O) groups excluding carboxylic acids is 2. The summed E-state index contributed by atoms with van der Waals surface area (Å²) in [5.74, 6) is -0.844. The van der Waals surface area contributed by atoms with Gasteiger partial charge >= 0.3 is 5.97 Å². The molecule has 8 nitrogen and oxygen atoms in total. The first-order valence-corrected chi connectivity index (χ1v) is 7.05. The minimum atomic E-state index is -0.501. The number of carbonyl (C=O) groups is 2. The molecule has 2 heterocycles. The lowest BCUT2D eigenvalue weighted by Gasteiger charge is -2.06. The maximum atomic E-state index is 12.1. The highest BCUT2D eigenvalue weighted by Crippen LogP contribution is 2.32. The number of rotatable bonds is 4. The smallest absolute Gasteiger partial charge is 0.341 e. The van der Waals surface area contributed by atoms with Crippen molar-refractivity contribution in [3.8, 4) is 6.07 Å². The molecule has 114 valence electrons. The third kappa shape index (κ3) is 2.96. The Kier molecular flexibility index (Phi) is 4.53. The summed E-state index contributed by atoms with van der Waals surface area (Å²) in [6, 6.07) is 1.83. The van der Waals surface area contributed by atoms with Crippen LogP contribution in [-0.2, 0) is 16.1 Å². The molecule has 0 saturated heterocycles. The zero-order valence-corrected chi connectivity index (χ0v) is 13.0. The van der Waals surface area contributed by atoms with Gasteiger partial charge in [-0.05, 0) is 19.4 Å². The van der Waals surface area contributed by atoms with Crippen molar-refractivity contribution < 1.29 is 14.3 Å². The van der Waals surface area contributed by atoms with Crippen molar-refractivity contribution in [1.29, 1.82) is 5.26 Å². The number of hydrogen-bond acceptors (Lipinski definition) is 7. The van der Waals surface area contributed by atoms with Crippen molar-refractivity contribution in [2.75, 3.05) is 12.4 Å². The number of ether oxygens (including phenoxy) is 1. The number of methoxy groups -OCH3 is 1. The maximum absolute atomic E-state index is 12.1. The van der Waals surface area contributed by atoms with E-state index in [1.165, 1.54) is 29.3 Å². The van der Waals surface area contributed by atoms with Crippen molar-refractivity contribution in [2.24, 2.45) is 0 Å². The van der Waals surface area contributed by atoms with Gasteiger partial charge in [0.2, 0.25) is 11.7 Å². The van der Waals surface area contributed by atoms with Gasteiger partial charge < -0.3 is 10.1 Å². The van der Waals surface area contributed by atoms with Gasteiger partial charge in [-0.1, -0.05) is 0 Å². The molecule has 0 saturated carbocycles. The van der Waals surface area contributed by atoms with Crippen LogP contribution in [0, 0.1) is 25.2 Å². The number of hydrogen-bond donors (Lipinski definition) is 1. The number of aromatic nitrogens is 3. The first-order chi connectivity index (χ1) is 10.5. The number of amides is 1. The van der Waals surface area contributed by atoms with E-state index in [1.807, 2.05) is 13.0 Å². The van der Waals surface area contributed by atoms with E-state index in [0.29, 0.717) is 10.6 Å². The molecule has 2 aromatic rings. The lowest BCUT2D eigenvalue weighted by atomic mass is 10.1. The van der Waals surface area contributed by atoms with Gasteiger partial charge in [-0.15, -0.1) is 21.5 Å². The van der Waals surface area contributed by atoms with E-state index >= 15 is 0 Å². The highest BCUT2D eigenvalue weighted by molar-refractivity contribution is 7.16. The van der Waals surface area contributed by atoms with E-state index in [4.69, 9.17) is 10.00 Å². The van der Waals surface area contributed by atoms with Crippen molar-refractivity contribution >= 4 is 28.2 Å². The molecule has 9 heteroatoms. The van der Waals surface area contributed by atoms with Gasteiger partial charge in [-0.25, -0.2) is 4.79 Å². The Morgan fingerprint density at radius 2 is 2.23 bits per heavy atom. The van der Waals surface area contributed by atoms with Crippen LogP contribution in [0.1, 0.15) is 26.6 Å². The van der Waals surface area contributed by atoms with Crippen LogP contribution in [0.2, 0.25) is 0 Å².